The maximum absolute atomic E-state index is 9.86. The molecule has 0 bridgehead atoms. The average Bonchev–Trinajstić information content (AvgIpc) is 3.03. The van der Waals surface area contributed by atoms with Crippen LogP contribution in [0.1, 0.15) is 18.2 Å². The highest BCUT2D eigenvalue weighted by molar-refractivity contribution is 5.27. The first kappa shape index (κ1) is 15.6. The number of hydrogen-bond acceptors (Lipinski definition) is 4. The highest BCUT2D eigenvalue weighted by Gasteiger charge is 2.05. The van der Waals surface area contributed by atoms with Gasteiger partial charge < -0.3 is 19.6 Å². The summed E-state index contributed by atoms with van der Waals surface area (Å²) in [5.74, 6) is 1.74. The molecule has 1 atom stereocenters. The minimum Gasteiger partial charge on any atom is -0.491 e. The smallest absolute Gasteiger partial charge is 0.119 e. The molecule has 4 nitrogen and oxygen atoms in total. The number of aliphatic hydroxyl groups is 1. The number of benzene rings is 1. The van der Waals surface area contributed by atoms with Crippen LogP contribution in [-0.2, 0) is 12.8 Å². The molecular weight excluding hydrogens is 266 g/mol. The van der Waals surface area contributed by atoms with Gasteiger partial charge in [0.25, 0.3) is 0 Å². The fourth-order valence-corrected chi connectivity index (χ4v) is 2.01. The Morgan fingerprint density at radius 2 is 2.05 bits per heavy atom. The van der Waals surface area contributed by atoms with Gasteiger partial charge in [0.1, 0.15) is 24.2 Å². The molecule has 0 spiro atoms. The lowest BCUT2D eigenvalue weighted by Gasteiger charge is -2.13. The molecule has 0 fully saturated rings. The molecule has 1 unspecified atom stereocenters. The van der Waals surface area contributed by atoms with E-state index in [0.29, 0.717) is 13.2 Å². The van der Waals surface area contributed by atoms with E-state index >= 15 is 0 Å². The number of furan rings is 1. The van der Waals surface area contributed by atoms with Crippen molar-refractivity contribution >= 4 is 0 Å². The number of hydrogen-bond donors (Lipinski definition) is 2. The Morgan fingerprint density at radius 1 is 1.24 bits per heavy atom. The van der Waals surface area contributed by atoms with Crippen molar-refractivity contribution in [3.05, 3.63) is 54.0 Å². The first-order valence-corrected chi connectivity index (χ1v) is 7.41. The van der Waals surface area contributed by atoms with E-state index in [0.717, 1.165) is 30.9 Å². The third-order valence-corrected chi connectivity index (χ3v) is 3.28. The van der Waals surface area contributed by atoms with E-state index in [1.165, 1.54) is 5.56 Å². The Bertz CT molecular complexity index is 493. The fourth-order valence-electron chi connectivity index (χ4n) is 2.01. The number of ether oxygens (including phenoxy) is 1. The van der Waals surface area contributed by atoms with Gasteiger partial charge in [0.15, 0.2) is 0 Å². The van der Waals surface area contributed by atoms with Gasteiger partial charge in [0, 0.05) is 19.5 Å². The van der Waals surface area contributed by atoms with Crippen LogP contribution in [0.3, 0.4) is 0 Å². The summed E-state index contributed by atoms with van der Waals surface area (Å²) < 4.78 is 10.8. The molecule has 0 saturated heterocycles. The summed E-state index contributed by atoms with van der Waals surface area (Å²) >= 11 is 0. The average molecular weight is 289 g/mol. The zero-order valence-electron chi connectivity index (χ0n) is 12.4. The van der Waals surface area contributed by atoms with E-state index in [-0.39, 0.29) is 0 Å². The zero-order chi connectivity index (χ0) is 14.9. The molecule has 114 valence electrons. The molecule has 0 aliphatic heterocycles. The predicted molar refractivity (Wildman–Crippen MR) is 82.6 cm³/mol. The highest BCUT2D eigenvalue weighted by Crippen LogP contribution is 2.12. The lowest BCUT2D eigenvalue weighted by molar-refractivity contribution is 0.106. The van der Waals surface area contributed by atoms with Crippen LogP contribution in [0.5, 0.6) is 5.75 Å². The van der Waals surface area contributed by atoms with Gasteiger partial charge in [-0.1, -0.05) is 19.1 Å². The Morgan fingerprint density at radius 3 is 2.71 bits per heavy atom. The molecule has 21 heavy (non-hydrogen) atoms. The van der Waals surface area contributed by atoms with Gasteiger partial charge in [-0.05, 0) is 36.2 Å². The van der Waals surface area contributed by atoms with Crippen LogP contribution in [-0.4, -0.2) is 30.9 Å². The van der Waals surface area contributed by atoms with Gasteiger partial charge >= 0.3 is 0 Å². The van der Waals surface area contributed by atoms with Crippen molar-refractivity contribution in [2.45, 2.75) is 25.9 Å². The summed E-state index contributed by atoms with van der Waals surface area (Å²) in [5, 5.41) is 13.0. The van der Waals surface area contributed by atoms with Crippen LogP contribution in [0.4, 0.5) is 0 Å². The summed E-state index contributed by atoms with van der Waals surface area (Å²) in [5.41, 5.74) is 1.28. The van der Waals surface area contributed by atoms with Crippen LogP contribution in [0, 0.1) is 0 Å². The van der Waals surface area contributed by atoms with E-state index < -0.39 is 6.10 Å². The van der Waals surface area contributed by atoms with Crippen molar-refractivity contribution < 1.29 is 14.3 Å². The highest BCUT2D eigenvalue weighted by atomic mass is 16.5. The number of aryl methyl sites for hydroxylation is 1. The molecule has 0 aliphatic rings. The molecular formula is C17H23NO3. The van der Waals surface area contributed by atoms with Crippen LogP contribution in [0.2, 0.25) is 0 Å². The molecule has 1 aromatic heterocycles. The molecule has 1 aromatic carbocycles. The van der Waals surface area contributed by atoms with Crippen LogP contribution < -0.4 is 10.1 Å². The summed E-state index contributed by atoms with van der Waals surface area (Å²) in [6.07, 6.45) is 2.98. The number of nitrogens with one attached hydrogen (secondary N) is 1. The molecule has 4 heteroatoms. The normalized spacial score (nSPS) is 12.3. The second-order valence-electron chi connectivity index (χ2n) is 5.00. The van der Waals surface area contributed by atoms with E-state index in [4.69, 9.17) is 9.15 Å². The Balaban J connectivity index is 1.59. The summed E-state index contributed by atoms with van der Waals surface area (Å²) in [6, 6.07) is 11.8. The summed E-state index contributed by atoms with van der Waals surface area (Å²) in [7, 11) is 0. The summed E-state index contributed by atoms with van der Waals surface area (Å²) in [6.45, 7) is 3.69. The standard InChI is InChI=1S/C17H23NO3/c1-2-14-5-7-17(8-6-14)21-13-15(19)12-18-10-9-16-4-3-11-20-16/h3-8,11,15,18-19H,2,9-10,12-13H2,1H3. The van der Waals surface area contributed by atoms with E-state index in [9.17, 15) is 5.11 Å². The van der Waals surface area contributed by atoms with E-state index in [2.05, 4.69) is 12.2 Å². The largest absolute Gasteiger partial charge is 0.491 e. The van der Waals surface area contributed by atoms with Crippen LogP contribution >= 0.6 is 0 Å². The minimum atomic E-state index is -0.521. The van der Waals surface area contributed by atoms with E-state index in [1.807, 2.05) is 36.4 Å². The van der Waals surface area contributed by atoms with Gasteiger partial charge in [0.2, 0.25) is 0 Å². The number of rotatable bonds is 9. The molecule has 1 heterocycles. The fraction of sp³-hybridized carbons (Fsp3) is 0.412. The van der Waals surface area contributed by atoms with Crippen molar-refractivity contribution in [2.75, 3.05) is 19.7 Å². The first-order chi connectivity index (χ1) is 10.3. The van der Waals surface area contributed by atoms with Crippen LogP contribution in [0.15, 0.2) is 47.1 Å². The second-order valence-corrected chi connectivity index (χ2v) is 5.00. The Kier molecular flexibility index (Phi) is 6.31. The number of aliphatic hydroxyl groups excluding tert-OH is 1. The van der Waals surface area contributed by atoms with Crippen LogP contribution in [0.25, 0.3) is 0 Å². The van der Waals surface area contributed by atoms with Crippen molar-refractivity contribution in [3.63, 3.8) is 0 Å². The molecule has 0 amide bonds. The first-order valence-electron chi connectivity index (χ1n) is 7.41. The molecule has 2 aromatic rings. The topological polar surface area (TPSA) is 54.6 Å². The van der Waals surface area contributed by atoms with Gasteiger partial charge in [-0.3, -0.25) is 0 Å². The van der Waals surface area contributed by atoms with Crippen molar-refractivity contribution in [2.24, 2.45) is 0 Å². The zero-order valence-corrected chi connectivity index (χ0v) is 12.4. The molecule has 0 radical (unpaired) electrons. The second kappa shape index (κ2) is 8.49. The third-order valence-electron chi connectivity index (χ3n) is 3.28. The Labute approximate surface area is 125 Å². The minimum absolute atomic E-state index is 0.291. The third kappa shape index (κ3) is 5.61. The lowest BCUT2D eigenvalue weighted by Crippen LogP contribution is -2.32. The molecule has 0 saturated carbocycles. The van der Waals surface area contributed by atoms with E-state index in [1.54, 1.807) is 6.26 Å². The van der Waals surface area contributed by atoms with Gasteiger partial charge in [-0.2, -0.15) is 0 Å². The maximum Gasteiger partial charge on any atom is 0.119 e. The quantitative estimate of drug-likeness (QED) is 0.696. The van der Waals surface area contributed by atoms with Crippen molar-refractivity contribution in [1.82, 2.24) is 5.32 Å². The predicted octanol–water partition coefficient (Wildman–Crippen LogP) is 2.41. The van der Waals surface area contributed by atoms with Crippen molar-refractivity contribution in [3.8, 4) is 5.75 Å². The SMILES string of the molecule is CCc1ccc(OCC(O)CNCCc2ccco2)cc1. The molecule has 2 rings (SSSR count). The molecule has 2 N–H and O–H groups in total. The van der Waals surface area contributed by atoms with Gasteiger partial charge in [-0.15, -0.1) is 0 Å². The summed E-state index contributed by atoms with van der Waals surface area (Å²) in [4.78, 5) is 0. The van der Waals surface area contributed by atoms with Gasteiger partial charge in [0.05, 0.1) is 6.26 Å². The van der Waals surface area contributed by atoms with Gasteiger partial charge in [-0.25, -0.2) is 0 Å². The lowest BCUT2D eigenvalue weighted by atomic mass is 10.2. The molecule has 0 aliphatic carbocycles. The maximum atomic E-state index is 9.86. The van der Waals surface area contributed by atoms with Crippen molar-refractivity contribution in [1.29, 1.82) is 0 Å². The Hall–Kier alpha value is -1.78. The monoisotopic (exact) mass is 289 g/mol.